The molecule has 0 bridgehead atoms. The third-order valence-electron chi connectivity index (χ3n) is 4.47. The summed E-state index contributed by atoms with van der Waals surface area (Å²) in [4.78, 5) is 0. The highest BCUT2D eigenvalue weighted by molar-refractivity contribution is 5.65. The zero-order chi connectivity index (χ0) is 19.2. The molecular formula is C25H23FO. The summed E-state index contributed by atoms with van der Waals surface area (Å²) in [5.41, 5.74) is 5.37. The number of aryl methyl sites for hydroxylation is 2. The minimum atomic E-state index is -0.177. The maximum absolute atomic E-state index is 14.4. The molecule has 0 aliphatic rings. The van der Waals surface area contributed by atoms with Gasteiger partial charge in [-0.2, -0.15) is 0 Å². The number of rotatable bonds is 4. The average molecular weight is 358 g/mol. The molecule has 0 unspecified atom stereocenters. The lowest BCUT2D eigenvalue weighted by molar-refractivity contribution is 0.413. The first-order valence-electron chi connectivity index (χ1n) is 9.16. The Morgan fingerprint density at radius 2 is 1.70 bits per heavy atom. The molecule has 0 spiro atoms. The molecular weight excluding hydrogens is 335 g/mol. The lowest BCUT2D eigenvalue weighted by atomic mass is 10.0. The van der Waals surface area contributed by atoms with Crippen molar-refractivity contribution in [1.82, 2.24) is 0 Å². The van der Waals surface area contributed by atoms with Crippen LogP contribution >= 0.6 is 0 Å². The molecule has 2 heteroatoms. The lowest BCUT2D eigenvalue weighted by Gasteiger charge is -2.06. The van der Waals surface area contributed by atoms with Gasteiger partial charge in [0.2, 0.25) is 0 Å². The Morgan fingerprint density at radius 3 is 2.37 bits per heavy atom. The predicted molar refractivity (Wildman–Crippen MR) is 110 cm³/mol. The summed E-state index contributed by atoms with van der Waals surface area (Å²) >= 11 is 0. The number of hydrogen-bond acceptors (Lipinski definition) is 1. The molecule has 136 valence electrons. The van der Waals surface area contributed by atoms with Gasteiger partial charge in [-0.1, -0.05) is 55.5 Å². The molecule has 3 aromatic carbocycles. The van der Waals surface area contributed by atoms with Crippen molar-refractivity contribution in [3.8, 4) is 28.7 Å². The van der Waals surface area contributed by atoms with Gasteiger partial charge in [0, 0.05) is 11.1 Å². The first-order valence-corrected chi connectivity index (χ1v) is 9.16. The van der Waals surface area contributed by atoms with Gasteiger partial charge in [-0.05, 0) is 60.4 Å². The van der Waals surface area contributed by atoms with E-state index < -0.39 is 0 Å². The standard InChI is InChI=1S/C25H23FO/c1-4-5-20-10-15-23(24(26)17-20)21-12-7-19(8-13-21)9-14-22-11-6-18(2)16-25(22)27-3/h6-8,10-13,15-17H,4-5H2,1-3H3. The number of benzene rings is 3. The van der Waals surface area contributed by atoms with E-state index in [9.17, 15) is 4.39 Å². The minimum absolute atomic E-state index is 0.177. The van der Waals surface area contributed by atoms with E-state index in [2.05, 4.69) is 18.8 Å². The number of methoxy groups -OCH3 is 1. The summed E-state index contributed by atoms with van der Waals surface area (Å²) in [6, 6.07) is 19.1. The van der Waals surface area contributed by atoms with Gasteiger partial charge in [-0.3, -0.25) is 0 Å². The van der Waals surface area contributed by atoms with E-state index in [0.717, 1.165) is 46.4 Å². The van der Waals surface area contributed by atoms with Crippen LogP contribution in [0.3, 0.4) is 0 Å². The van der Waals surface area contributed by atoms with E-state index in [4.69, 9.17) is 4.74 Å². The molecule has 27 heavy (non-hydrogen) atoms. The molecule has 3 rings (SSSR count). The Hall–Kier alpha value is -3.05. The van der Waals surface area contributed by atoms with Gasteiger partial charge in [0.05, 0.1) is 12.7 Å². The second-order valence-corrected chi connectivity index (χ2v) is 6.60. The molecule has 0 atom stereocenters. The highest BCUT2D eigenvalue weighted by Gasteiger charge is 2.06. The Bertz CT molecular complexity index is 991. The molecule has 3 aromatic rings. The van der Waals surface area contributed by atoms with Gasteiger partial charge in [0.15, 0.2) is 0 Å². The molecule has 0 fully saturated rings. The number of ether oxygens (including phenoxy) is 1. The first kappa shape index (κ1) is 18.7. The maximum atomic E-state index is 14.4. The van der Waals surface area contributed by atoms with Crippen molar-refractivity contribution in [2.75, 3.05) is 7.11 Å². The van der Waals surface area contributed by atoms with Crippen LogP contribution in [0.4, 0.5) is 4.39 Å². The molecule has 0 saturated carbocycles. The normalized spacial score (nSPS) is 10.2. The zero-order valence-electron chi connectivity index (χ0n) is 16.0. The van der Waals surface area contributed by atoms with Crippen LogP contribution < -0.4 is 4.74 Å². The molecule has 0 N–H and O–H groups in total. The summed E-state index contributed by atoms with van der Waals surface area (Å²) in [6.07, 6.45) is 1.91. The second kappa shape index (κ2) is 8.56. The van der Waals surface area contributed by atoms with Gasteiger partial charge in [-0.15, -0.1) is 0 Å². The van der Waals surface area contributed by atoms with E-state index >= 15 is 0 Å². The average Bonchev–Trinajstić information content (AvgIpc) is 2.68. The zero-order valence-corrected chi connectivity index (χ0v) is 16.0. The van der Waals surface area contributed by atoms with Crippen molar-refractivity contribution in [3.63, 3.8) is 0 Å². The van der Waals surface area contributed by atoms with Crippen LogP contribution in [0, 0.1) is 24.6 Å². The van der Waals surface area contributed by atoms with E-state index in [0.29, 0.717) is 5.56 Å². The first-order chi connectivity index (χ1) is 13.1. The van der Waals surface area contributed by atoms with Crippen LogP contribution in [0.25, 0.3) is 11.1 Å². The molecule has 0 aliphatic carbocycles. The van der Waals surface area contributed by atoms with Crippen molar-refractivity contribution in [2.24, 2.45) is 0 Å². The summed E-state index contributed by atoms with van der Waals surface area (Å²) in [5, 5.41) is 0. The molecule has 0 heterocycles. The van der Waals surface area contributed by atoms with E-state index in [1.54, 1.807) is 13.2 Å². The van der Waals surface area contributed by atoms with Crippen LogP contribution in [0.5, 0.6) is 5.75 Å². The van der Waals surface area contributed by atoms with Crippen LogP contribution in [-0.4, -0.2) is 7.11 Å². The van der Waals surface area contributed by atoms with Gasteiger partial charge < -0.3 is 4.74 Å². The molecule has 0 amide bonds. The van der Waals surface area contributed by atoms with Gasteiger partial charge in [-0.25, -0.2) is 4.39 Å². The third kappa shape index (κ3) is 4.57. The van der Waals surface area contributed by atoms with E-state index in [-0.39, 0.29) is 5.82 Å². The highest BCUT2D eigenvalue weighted by atomic mass is 19.1. The fourth-order valence-corrected chi connectivity index (χ4v) is 3.01. The van der Waals surface area contributed by atoms with Gasteiger partial charge >= 0.3 is 0 Å². The second-order valence-electron chi connectivity index (χ2n) is 6.60. The topological polar surface area (TPSA) is 9.23 Å². The minimum Gasteiger partial charge on any atom is -0.495 e. The van der Waals surface area contributed by atoms with Crippen LogP contribution in [-0.2, 0) is 6.42 Å². The molecule has 0 aliphatic heterocycles. The quantitative estimate of drug-likeness (QED) is 0.507. The maximum Gasteiger partial charge on any atom is 0.134 e. The fourth-order valence-electron chi connectivity index (χ4n) is 3.01. The third-order valence-corrected chi connectivity index (χ3v) is 4.47. The fraction of sp³-hybridized carbons (Fsp3) is 0.200. The van der Waals surface area contributed by atoms with Crippen molar-refractivity contribution >= 4 is 0 Å². The predicted octanol–water partition coefficient (Wildman–Crippen LogP) is 6.16. The SMILES string of the molecule is CCCc1ccc(-c2ccc(C#Cc3ccc(C)cc3OC)cc2)c(F)c1. The summed E-state index contributed by atoms with van der Waals surface area (Å²) in [5.74, 6) is 6.90. The van der Waals surface area contributed by atoms with Crippen molar-refractivity contribution in [3.05, 3.63) is 88.7 Å². The smallest absolute Gasteiger partial charge is 0.134 e. The Kier molecular flexibility index (Phi) is 5.94. The summed E-state index contributed by atoms with van der Waals surface area (Å²) in [6.45, 7) is 4.12. The van der Waals surface area contributed by atoms with Crippen LogP contribution in [0.2, 0.25) is 0 Å². The molecule has 0 radical (unpaired) electrons. The Balaban J connectivity index is 1.83. The van der Waals surface area contributed by atoms with E-state index in [1.165, 1.54) is 0 Å². The molecule has 0 aromatic heterocycles. The highest BCUT2D eigenvalue weighted by Crippen LogP contribution is 2.25. The Morgan fingerprint density at radius 1 is 0.926 bits per heavy atom. The van der Waals surface area contributed by atoms with Crippen LogP contribution in [0.15, 0.2) is 60.7 Å². The molecule has 0 saturated heterocycles. The number of hydrogen-bond donors (Lipinski definition) is 0. The lowest BCUT2D eigenvalue weighted by Crippen LogP contribution is -1.90. The van der Waals surface area contributed by atoms with Crippen LogP contribution in [0.1, 0.15) is 35.6 Å². The monoisotopic (exact) mass is 358 g/mol. The largest absolute Gasteiger partial charge is 0.495 e. The van der Waals surface area contributed by atoms with Crippen molar-refractivity contribution in [1.29, 1.82) is 0 Å². The van der Waals surface area contributed by atoms with Gasteiger partial charge in [0.25, 0.3) is 0 Å². The number of halogens is 1. The summed E-state index contributed by atoms with van der Waals surface area (Å²) in [7, 11) is 1.65. The molecule has 1 nitrogen and oxygen atoms in total. The Labute approximate surface area is 160 Å². The van der Waals surface area contributed by atoms with Crippen molar-refractivity contribution < 1.29 is 9.13 Å². The van der Waals surface area contributed by atoms with Crippen molar-refractivity contribution in [2.45, 2.75) is 26.7 Å². The van der Waals surface area contributed by atoms with E-state index in [1.807, 2.05) is 61.5 Å². The van der Waals surface area contributed by atoms with Gasteiger partial charge in [0.1, 0.15) is 11.6 Å². The summed E-state index contributed by atoms with van der Waals surface area (Å²) < 4.78 is 19.8.